The first-order valence-corrected chi connectivity index (χ1v) is 4.53. The number of anilines is 2. The summed E-state index contributed by atoms with van der Waals surface area (Å²) >= 11 is 0. The summed E-state index contributed by atoms with van der Waals surface area (Å²) in [7, 11) is 0. The van der Waals surface area contributed by atoms with E-state index in [0.717, 1.165) is 0 Å². The van der Waals surface area contributed by atoms with Gasteiger partial charge in [-0.05, 0) is 6.42 Å². The summed E-state index contributed by atoms with van der Waals surface area (Å²) in [4.78, 5) is 3.77. The molecule has 1 aromatic heterocycles. The smallest absolute Gasteiger partial charge is 0.108 e. The maximum absolute atomic E-state index is 9.69. The maximum Gasteiger partial charge on any atom is 0.108 e. The highest BCUT2D eigenvalue weighted by Gasteiger charge is 2.21. The summed E-state index contributed by atoms with van der Waals surface area (Å²) < 4.78 is 0. The van der Waals surface area contributed by atoms with Crippen LogP contribution in [0.2, 0.25) is 0 Å². The molecule has 0 aliphatic rings. The summed E-state index contributed by atoms with van der Waals surface area (Å²) in [5, 5.41) is 27.8. The molecule has 0 aliphatic heterocycles. The molecular weight excluding hydrogens is 198 g/mol. The molecule has 7 N–H and O–H groups in total. The lowest BCUT2D eigenvalue weighted by Crippen LogP contribution is -2.21. The average molecular weight is 213 g/mol. The fourth-order valence-electron chi connectivity index (χ4n) is 1.24. The molecule has 15 heavy (non-hydrogen) atoms. The summed E-state index contributed by atoms with van der Waals surface area (Å²) in [6.07, 6.45) is 0.505. The number of hydrogen-bond acceptors (Lipinski definition) is 6. The fraction of sp³-hybridized carbons (Fsp3) is 0.444. The second-order valence-corrected chi connectivity index (χ2v) is 3.26. The van der Waals surface area contributed by atoms with Gasteiger partial charge in [-0.1, -0.05) is 0 Å². The van der Waals surface area contributed by atoms with Crippen molar-refractivity contribution in [3.05, 3.63) is 18.0 Å². The number of pyridine rings is 1. The van der Waals surface area contributed by atoms with Gasteiger partial charge in [-0.25, -0.2) is 0 Å². The molecule has 0 radical (unpaired) electrons. The molecular formula is C9H15N3O3. The molecule has 84 valence electrons. The highest BCUT2D eigenvalue weighted by Crippen LogP contribution is 2.27. The Morgan fingerprint density at radius 1 is 1.27 bits per heavy atom. The molecule has 0 saturated heterocycles. The minimum absolute atomic E-state index is 0.0649. The first kappa shape index (κ1) is 11.7. The van der Waals surface area contributed by atoms with Gasteiger partial charge in [0.2, 0.25) is 0 Å². The molecule has 2 unspecified atom stereocenters. The van der Waals surface area contributed by atoms with E-state index in [1.165, 1.54) is 12.4 Å². The van der Waals surface area contributed by atoms with Crippen LogP contribution in [0.5, 0.6) is 0 Å². The first-order valence-electron chi connectivity index (χ1n) is 4.53. The molecule has 0 aromatic carbocycles. The monoisotopic (exact) mass is 213 g/mol. The SMILES string of the molecule is Nc1cncc(C(O)C(O)CCO)c1N. The number of nitrogens with two attached hydrogens (primary N) is 2. The van der Waals surface area contributed by atoms with Gasteiger partial charge in [-0.15, -0.1) is 0 Å². The Morgan fingerprint density at radius 3 is 2.53 bits per heavy atom. The maximum atomic E-state index is 9.69. The summed E-state index contributed by atoms with van der Waals surface area (Å²) in [6, 6.07) is 0. The number of nitrogen functional groups attached to an aromatic ring is 2. The van der Waals surface area contributed by atoms with Crippen LogP contribution >= 0.6 is 0 Å². The minimum Gasteiger partial charge on any atom is -0.397 e. The lowest BCUT2D eigenvalue weighted by molar-refractivity contribution is 0.00446. The summed E-state index contributed by atoms with van der Waals surface area (Å²) in [6.45, 7) is -0.214. The Bertz CT molecular complexity index is 332. The van der Waals surface area contributed by atoms with Crippen LogP contribution in [-0.4, -0.2) is 33.0 Å². The van der Waals surface area contributed by atoms with E-state index >= 15 is 0 Å². The zero-order chi connectivity index (χ0) is 11.4. The van der Waals surface area contributed by atoms with E-state index in [0.29, 0.717) is 0 Å². The van der Waals surface area contributed by atoms with Crippen molar-refractivity contribution in [3.63, 3.8) is 0 Å². The van der Waals surface area contributed by atoms with E-state index in [9.17, 15) is 10.2 Å². The van der Waals surface area contributed by atoms with Crippen molar-refractivity contribution in [2.75, 3.05) is 18.1 Å². The van der Waals surface area contributed by atoms with Gasteiger partial charge < -0.3 is 26.8 Å². The highest BCUT2D eigenvalue weighted by atomic mass is 16.3. The lowest BCUT2D eigenvalue weighted by Gasteiger charge is -2.18. The summed E-state index contributed by atoms with van der Waals surface area (Å²) in [5.74, 6) is 0. The third kappa shape index (κ3) is 2.56. The number of aliphatic hydroxyl groups is 3. The van der Waals surface area contributed by atoms with Crippen molar-refractivity contribution >= 4 is 11.4 Å². The molecule has 2 atom stereocenters. The highest BCUT2D eigenvalue weighted by molar-refractivity contribution is 5.66. The van der Waals surface area contributed by atoms with Gasteiger partial charge >= 0.3 is 0 Å². The zero-order valence-electron chi connectivity index (χ0n) is 8.17. The number of aromatic nitrogens is 1. The second kappa shape index (κ2) is 4.92. The predicted molar refractivity (Wildman–Crippen MR) is 55.7 cm³/mol. The van der Waals surface area contributed by atoms with E-state index in [1.54, 1.807) is 0 Å². The van der Waals surface area contributed by atoms with Crippen molar-refractivity contribution in [1.29, 1.82) is 0 Å². The average Bonchev–Trinajstić information content (AvgIpc) is 2.21. The molecule has 0 saturated carbocycles. The van der Waals surface area contributed by atoms with Crippen LogP contribution in [0, 0.1) is 0 Å². The number of hydrogen-bond donors (Lipinski definition) is 5. The first-order chi connectivity index (χ1) is 7.07. The Hall–Kier alpha value is -1.37. The molecule has 1 heterocycles. The van der Waals surface area contributed by atoms with Crippen LogP contribution < -0.4 is 11.5 Å². The van der Waals surface area contributed by atoms with E-state index < -0.39 is 12.2 Å². The standard InChI is InChI=1S/C9H15N3O3/c10-6-4-12-3-5(8(6)11)9(15)7(14)1-2-13/h3-4,7,9,13-15H,1-2,10H2,(H2,11,12). The lowest BCUT2D eigenvalue weighted by atomic mass is 10.0. The van der Waals surface area contributed by atoms with Crippen molar-refractivity contribution in [1.82, 2.24) is 4.98 Å². The second-order valence-electron chi connectivity index (χ2n) is 3.26. The predicted octanol–water partition coefficient (Wildman–Crippen LogP) is -0.977. The van der Waals surface area contributed by atoms with Gasteiger partial charge in [0.25, 0.3) is 0 Å². The largest absolute Gasteiger partial charge is 0.397 e. The third-order valence-corrected chi connectivity index (χ3v) is 2.16. The van der Waals surface area contributed by atoms with E-state index in [-0.39, 0.29) is 30.0 Å². The normalized spacial score (nSPS) is 14.9. The third-order valence-electron chi connectivity index (χ3n) is 2.16. The number of rotatable bonds is 4. The minimum atomic E-state index is -1.19. The van der Waals surface area contributed by atoms with Crippen LogP contribution in [0.25, 0.3) is 0 Å². The van der Waals surface area contributed by atoms with Gasteiger partial charge in [0.15, 0.2) is 0 Å². The van der Waals surface area contributed by atoms with Crippen LogP contribution in [-0.2, 0) is 0 Å². The Morgan fingerprint density at radius 2 is 1.93 bits per heavy atom. The molecule has 1 aromatic rings. The van der Waals surface area contributed by atoms with Gasteiger partial charge in [-0.3, -0.25) is 4.98 Å². The van der Waals surface area contributed by atoms with Crippen molar-refractivity contribution in [2.24, 2.45) is 0 Å². The Kier molecular flexibility index (Phi) is 3.84. The molecule has 0 bridgehead atoms. The Balaban J connectivity index is 2.90. The Labute approximate surface area is 87.2 Å². The zero-order valence-corrected chi connectivity index (χ0v) is 8.17. The van der Waals surface area contributed by atoms with Gasteiger partial charge in [0, 0.05) is 18.4 Å². The van der Waals surface area contributed by atoms with Gasteiger partial charge in [0.05, 0.1) is 23.7 Å². The fourth-order valence-corrected chi connectivity index (χ4v) is 1.24. The summed E-state index contributed by atoms with van der Waals surface area (Å²) in [5.41, 5.74) is 11.9. The quantitative estimate of drug-likeness (QED) is 0.438. The van der Waals surface area contributed by atoms with Crippen molar-refractivity contribution in [3.8, 4) is 0 Å². The molecule has 6 heteroatoms. The van der Waals surface area contributed by atoms with E-state index in [1.807, 2.05) is 0 Å². The van der Waals surface area contributed by atoms with Crippen LogP contribution in [0.3, 0.4) is 0 Å². The van der Waals surface area contributed by atoms with E-state index in [2.05, 4.69) is 4.98 Å². The van der Waals surface area contributed by atoms with Gasteiger partial charge in [-0.2, -0.15) is 0 Å². The van der Waals surface area contributed by atoms with Crippen molar-refractivity contribution in [2.45, 2.75) is 18.6 Å². The van der Waals surface area contributed by atoms with Crippen LogP contribution in [0.1, 0.15) is 18.1 Å². The van der Waals surface area contributed by atoms with Gasteiger partial charge in [0.1, 0.15) is 6.10 Å². The number of nitrogens with zero attached hydrogens (tertiary/aromatic N) is 1. The van der Waals surface area contributed by atoms with Crippen LogP contribution in [0.4, 0.5) is 11.4 Å². The van der Waals surface area contributed by atoms with Crippen LogP contribution in [0.15, 0.2) is 12.4 Å². The van der Waals surface area contributed by atoms with Crippen molar-refractivity contribution < 1.29 is 15.3 Å². The topological polar surface area (TPSA) is 126 Å². The molecule has 6 nitrogen and oxygen atoms in total. The molecule has 0 spiro atoms. The molecule has 1 rings (SSSR count). The number of aliphatic hydroxyl groups excluding tert-OH is 3. The van der Waals surface area contributed by atoms with E-state index in [4.69, 9.17) is 16.6 Å². The molecule has 0 amide bonds. The molecule has 0 aliphatic carbocycles. The molecule has 0 fully saturated rings.